The van der Waals surface area contributed by atoms with E-state index >= 15 is 0 Å². The fourth-order valence-corrected chi connectivity index (χ4v) is 2.75. The zero-order valence-electron chi connectivity index (χ0n) is 17.2. The molecule has 1 unspecified atom stereocenters. The molecule has 1 fully saturated rings. The van der Waals surface area contributed by atoms with E-state index in [-0.39, 0.29) is 42.1 Å². The summed E-state index contributed by atoms with van der Waals surface area (Å²) in [4.78, 5) is 29.4. The third kappa shape index (κ3) is 11.2. The lowest BCUT2D eigenvalue weighted by atomic mass is 10.2. The highest BCUT2D eigenvalue weighted by molar-refractivity contribution is 14.0. The second kappa shape index (κ2) is 13.0. The molecule has 0 bridgehead atoms. The standard InChI is InChI=1S/C18H34N4O4.HI/c1-18(2,3)26-17(24)21-14-10-12-22(13-14)16(19-4)20-11-8-6-7-9-15(23)25-5;/h14H,6-13H2,1-5H3,(H,19,20)(H,21,24);1H. The van der Waals surface area contributed by atoms with Gasteiger partial charge in [0.15, 0.2) is 5.96 Å². The summed E-state index contributed by atoms with van der Waals surface area (Å²) in [6.45, 7) is 7.90. The van der Waals surface area contributed by atoms with E-state index in [0.717, 1.165) is 44.7 Å². The zero-order valence-corrected chi connectivity index (χ0v) is 19.5. The Labute approximate surface area is 179 Å². The number of methoxy groups -OCH3 is 1. The molecule has 27 heavy (non-hydrogen) atoms. The Kier molecular flexibility index (Phi) is 12.4. The first kappa shape index (κ1) is 25.7. The van der Waals surface area contributed by atoms with Gasteiger partial charge >= 0.3 is 12.1 Å². The van der Waals surface area contributed by atoms with Gasteiger partial charge in [-0.25, -0.2) is 4.79 Å². The van der Waals surface area contributed by atoms with Crippen molar-refractivity contribution in [3.05, 3.63) is 0 Å². The second-order valence-corrected chi connectivity index (χ2v) is 7.44. The quantitative estimate of drug-likeness (QED) is 0.184. The molecule has 1 atom stereocenters. The summed E-state index contributed by atoms with van der Waals surface area (Å²) in [5, 5.41) is 6.26. The largest absolute Gasteiger partial charge is 0.469 e. The number of nitrogens with zero attached hydrogens (tertiary/aromatic N) is 2. The molecule has 1 amide bonds. The number of likely N-dealkylation sites (tertiary alicyclic amines) is 1. The van der Waals surface area contributed by atoms with Gasteiger partial charge < -0.3 is 25.0 Å². The first-order chi connectivity index (χ1) is 12.2. The number of hydrogen-bond acceptors (Lipinski definition) is 5. The van der Waals surface area contributed by atoms with Crippen molar-refractivity contribution in [3.63, 3.8) is 0 Å². The molecule has 9 heteroatoms. The fourth-order valence-electron chi connectivity index (χ4n) is 2.75. The molecule has 0 saturated carbocycles. The first-order valence-corrected chi connectivity index (χ1v) is 9.27. The van der Waals surface area contributed by atoms with Gasteiger partial charge in [-0.05, 0) is 40.0 Å². The van der Waals surface area contributed by atoms with Crippen LogP contribution in [0.2, 0.25) is 0 Å². The minimum atomic E-state index is -0.492. The molecule has 1 aliphatic heterocycles. The van der Waals surface area contributed by atoms with E-state index < -0.39 is 5.60 Å². The molecule has 1 aliphatic rings. The van der Waals surface area contributed by atoms with E-state index in [1.54, 1.807) is 7.05 Å². The maximum absolute atomic E-state index is 11.9. The molecule has 0 radical (unpaired) electrons. The van der Waals surface area contributed by atoms with Crippen molar-refractivity contribution in [1.29, 1.82) is 0 Å². The lowest BCUT2D eigenvalue weighted by Gasteiger charge is -2.23. The number of carbonyl (C=O) groups is 2. The molecule has 8 nitrogen and oxygen atoms in total. The van der Waals surface area contributed by atoms with Crippen LogP contribution in [0.4, 0.5) is 4.79 Å². The number of alkyl carbamates (subject to hydrolysis) is 1. The van der Waals surface area contributed by atoms with Crippen LogP contribution in [0.15, 0.2) is 4.99 Å². The van der Waals surface area contributed by atoms with Crippen molar-refractivity contribution in [2.75, 3.05) is 33.8 Å². The third-order valence-corrected chi connectivity index (χ3v) is 3.99. The van der Waals surface area contributed by atoms with Crippen LogP contribution >= 0.6 is 24.0 Å². The SMILES string of the molecule is CN=C(NCCCCCC(=O)OC)N1CCC(NC(=O)OC(C)(C)C)C1.I. The van der Waals surface area contributed by atoms with E-state index in [9.17, 15) is 9.59 Å². The number of guanidine groups is 1. The van der Waals surface area contributed by atoms with Crippen LogP contribution in [0, 0.1) is 0 Å². The van der Waals surface area contributed by atoms with E-state index in [1.165, 1.54) is 7.11 Å². The highest BCUT2D eigenvalue weighted by atomic mass is 127. The van der Waals surface area contributed by atoms with Crippen LogP contribution in [-0.4, -0.2) is 68.4 Å². The predicted octanol–water partition coefficient (Wildman–Crippen LogP) is 2.51. The minimum Gasteiger partial charge on any atom is -0.469 e. The van der Waals surface area contributed by atoms with Gasteiger partial charge in [-0.15, -0.1) is 24.0 Å². The van der Waals surface area contributed by atoms with Crippen molar-refractivity contribution >= 4 is 42.0 Å². The van der Waals surface area contributed by atoms with Gasteiger partial charge in [-0.3, -0.25) is 9.79 Å². The third-order valence-electron chi connectivity index (χ3n) is 3.99. The lowest BCUT2D eigenvalue weighted by Crippen LogP contribution is -2.44. The van der Waals surface area contributed by atoms with Crippen molar-refractivity contribution in [3.8, 4) is 0 Å². The highest BCUT2D eigenvalue weighted by Gasteiger charge is 2.27. The number of hydrogen-bond donors (Lipinski definition) is 2. The summed E-state index contributed by atoms with van der Waals surface area (Å²) in [6.07, 6.45) is 3.70. The molecule has 1 heterocycles. The summed E-state index contributed by atoms with van der Waals surface area (Å²) >= 11 is 0. The Hall–Kier alpha value is -1.26. The molecular weight excluding hydrogens is 463 g/mol. The minimum absolute atomic E-state index is 0. The Bertz CT molecular complexity index is 494. The van der Waals surface area contributed by atoms with Gasteiger partial charge in [0.1, 0.15) is 5.60 Å². The number of halogens is 1. The van der Waals surface area contributed by atoms with Crippen LogP contribution in [0.25, 0.3) is 0 Å². The molecule has 0 aliphatic carbocycles. The van der Waals surface area contributed by atoms with Crippen LogP contribution in [0.3, 0.4) is 0 Å². The van der Waals surface area contributed by atoms with Crippen molar-refractivity contribution in [1.82, 2.24) is 15.5 Å². The number of carbonyl (C=O) groups excluding carboxylic acids is 2. The van der Waals surface area contributed by atoms with Crippen LogP contribution in [0.1, 0.15) is 52.9 Å². The van der Waals surface area contributed by atoms with Crippen molar-refractivity contribution < 1.29 is 19.1 Å². The maximum atomic E-state index is 11.9. The van der Waals surface area contributed by atoms with Crippen LogP contribution in [0.5, 0.6) is 0 Å². The van der Waals surface area contributed by atoms with Gasteiger partial charge in [0.2, 0.25) is 0 Å². The Morgan fingerprint density at radius 3 is 2.52 bits per heavy atom. The van der Waals surface area contributed by atoms with E-state index in [1.807, 2.05) is 20.8 Å². The van der Waals surface area contributed by atoms with Gasteiger partial charge in [0, 0.05) is 33.1 Å². The molecule has 0 aromatic rings. The van der Waals surface area contributed by atoms with Gasteiger partial charge in [-0.1, -0.05) is 6.42 Å². The maximum Gasteiger partial charge on any atom is 0.407 e. The zero-order chi connectivity index (χ0) is 19.6. The summed E-state index contributed by atoms with van der Waals surface area (Å²) in [6, 6.07) is 0.0588. The number of esters is 1. The predicted molar refractivity (Wildman–Crippen MR) is 117 cm³/mol. The summed E-state index contributed by atoms with van der Waals surface area (Å²) in [7, 11) is 3.17. The fraction of sp³-hybridized carbons (Fsp3) is 0.833. The molecule has 158 valence electrons. The smallest absolute Gasteiger partial charge is 0.407 e. The first-order valence-electron chi connectivity index (χ1n) is 9.27. The van der Waals surface area contributed by atoms with Crippen LogP contribution in [-0.2, 0) is 14.3 Å². The topological polar surface area (TPSA) is 92.3 Å². The van der Waals surface area contributed by atoms with E-state index in [4.69, 9.17) is 4.74 Å². The van der Waals surface area contributed by atoms with Gasteiger partial charge in [-0.2, -0.15) is 0 Å². The molecule has 1 saturated heterocycles. The Balaban J connectivity index is 0.00000676. The highest BCUT2D eigenvalue weighted by Crippen LogP contribution is 2.12. The molecule has 0 spiro atoms. The van der Waals surface area contributed by atoms with E-state index in [0.29, 0.717) is 13.0 Å². The molecule has 0 aromatic heterocycles. The van der Waals surface area contributed by atoms with Gasteiger partial charge in [0.25, 0.3) is 0 Å². The average molecular weight is 498 g/mol. The number of amides is 1. The summed E-state index contributed by atoms with van der Waals surface area (Å²) < 4.78 is 9.93. The summed E-state index contributed by atoms with van der Waals surface area (Å²) in [5.41, 5.74) is -0.492. The Morgan fingerprint density at radius 2 is 1.93 bits per heavy atom. The molecule has 2 N–H and O–H groups in total. The lowest BCUT2D eigenvalue weighted by molar-refractivity contribution is -0.140. The number of nitrogens with one attached hydrogen (secondary N) is 2. The number of ether oxygens (including phenoxy) is 2. The van der Waals surface area contributed by atoms with Gasteiger partial charge in [0.05, 0.1) is 13.2 Å². The molecule has 1 rings (SSSR count). The number of rotatable bonds is 7. The molecular formula is C18H35IN4O4. The second-order valence-electron chi connectivity index (χ2n) is 7.44. The van der Waals surface area contributed by atoms with E-state index in [2.05, 4.69) is 25.3 Å². The average Bonchev–Trinajstić information content (AvgIpc) is 3.00. The molecule has 0 aromatic carbocycles. The normalized spacial score (nSPS) is 17.1. The monoisotopic (exact) mass is 498 g/mol. The number of unbranched alkanes of at least 4 members (excludes halogenated alkanes) is 2. The number of aliphatic imine (C=N–C) groups is 1. The summed E-state index contributed by atoms with van der Waals surface area (Å²) in [5.74, 6) is 0.681. The van der Waals surface area contributed by atoms with Crippen molar-refractivity contribution in [2.45, 2.75) is 64.5 Å². The Morgan fingerprint density at radius 1 is 1.22 bits per heavy atom. The van der Waals surface area contributed by atoms with Crippen molar-refractivity contribution in [2.24, 2.45) is 4.99 Å². The van der Waals surface area contributed by atoms with Crippen LogP contribution < -0.4 is 10.6 Å².